The fourth-order valence-corrected chi connectivity index (χ4v) is 4.39. The molecule has 0 saturated carbocycles. The van der Waals surface area contributed by atoms with Gasteiger partial charge in [-0.15, -0.1) is 10.2 Å². The number of nitrogens with zero attached hydrogens (tertiary/aromatic N) is 8. The zero-order valence-electron chi connectivity index (χ0n) is 20.2. The first kappa shape index (κ1) is 25.2. The van der Waals surface area contributed by atoms with Crippen LogP contribution in [0.1, 0.15) is 31.2 Å². The topological polar surface area (TPSA) is 149 Å². The first-order chi connectivity index (χ1) is 17.3. The molecule has 36 heavy (non-hydrogen) atoms. The number of ether oxygens (including phenoxy) is 2. The molecule has 0 radical (unpaired) electrons. The molecule has 0 bridgehead atoms. The Balaban J connectivity index is 1.77. The van der Waals surface area contributed by atoms with Crippen LogP contribution in [0.15, 0.2) is 37.2 Å². The Morgan fingerprint density at radius 3 is 2.28 bits per heavy atom. The van der Waals surface area contributed by atoms with Gasteiger partial charge < -0.3 is 14.0 Å². The summed E-state index contributed by atoms with van der Waals surface area (Å²) in [7, 11) is 2.92. The van der Waals surface area contributed by atoms with Crippen LogP contribution in [0, 0.1) is 12.7 Å². The molecule has 188 valence electrons. The van der Waals surface area contributed by atoms with E-state index in [2.05, 4.69) is 39.8 Å². The van der Waals surface area contributed by atoms with Gasteiger partial charge in [-0.25, -0.2) is 18.9 Å². The van der Waals surface area contributed by atoms with Crippen LogP contribution in [0.25, 0.3) is 17.1 Å². The number of aryl methyl sites for hydroxylation is 1. The molecular weight excluding hydrogens is 489 g/mol. The van der Waals surface area contributed by atoms with Crippen molar-refractivity contribution >= 4 is 17.3 Å². The van der Waals surface area contributed by atoms with Gasteiger partial charge in [0.05, 0.1) is 43.9 Å². The van der Waals surface area contributed by atoms with Crippen LogP contribution in [-0.2, 0) is 11.4 Å². The Morgan fingerprint density at radius 2 is 1.67 bits per heavy atom. The van der Waals surface area contributed by atoms with Gasteiger partial charge in [0, 0.05) is 18.0 Å². The SMILES string of the molecule is COc1ncnc(OC)c1-n1c(N[S+]([O-])[C@@H](C)C(C)c2ncc(F)cn2)nnc1-c1cncc(C)c1. The minimum absolute atomic E-state index is 0.135. The number of pyridine rings is 1. The molecule has 0 aliphatic heterocycles. The summed E-state index contributed by atoms with van der Waals surface area (Å²) in [5, 5.41) is 8.09. The average molecular weight is 514 g/mol. The molecule has 0 saturated heterocycles. The van der Waals surface area contributed by atoms with Crippen LogP contribution in [-0.4, -0.2) is 63.7 Å². The van der Waals surface area contributed by atoms with Gasteiger partial charge >= 0.3 is 0 Å². The van der Waals surface area contributed by atoms with Crippen molar-refractivity contribution in [1.29, 1.82) is 0 Å². The van der Waals surface area contributed by atoms with E-state index < -0.39 is 22.4 Å². The van der Waals surface area contributed by atoms with Crippen molar-refractivity contribution in [3.63, 3.8) is 0 Å². The second-order valence-electron chi connectivity index (χ2n) is 7.83. The standard InChI is InChI=1S/C22H24FN9O3S/c1-12-6-15(8-24-7-12)19-29-30-22(32(19)17-20(34-4)27-11-28-21(17)35-5)31-36(33)14(3)13(2)18-25-9-16(23)10-26-18/h6-11,13-14H,1-5H3,(H,30,31)/t13?,14-,36?/m0/s1. The van der Waals surface area contributed by atoms with E-state index in [9.17, 15) is 8.94 Å². The largest absolute Gasteiger partial charge is 0.593 e. The number of methoxy groups -OCH3 is 2. The van der Waals surface area contributed by atoms with E-state index in [0.717, 1.165) is 18.0 Å². The molecular formula is C22H24FN9O3S. The Labute approximate surface area is 209 Å². The van der Waals surface area contributed by atoms with Crippen molar-refractivity contribution in [1.82, 2.24) is 39.7 Å². The molecule has 3 atom stereocenters. The fourth-order valence-electron chi connectivity index (χ4n) is 3.40. The Hall–Kier alpha value is -3.91. The van der Waals surface area contributed by atoms with Crippen molar-refractivity contribution < 1.29 is 18.4 Å². The second kappa shape index (κ2) is 10.8. The van der Waals surface area contributed by atoms with Crippen LogP contribution in [0.5, 0.6) is 11.8 Å². The summed E-state index contributed by atoms with van der Waals surface area (Å²) < 4.78 is 42.0. The summed E-state index contributed by atoms with van der Waals surface area (Å²) in [6, 6.07) is 1.88. The smallest absolute Gasteiger partial charge is 0.271 e. The van der Waals surface area contributed by atoms with E-state index in [-0.39, 0.29) is 23.6 Å². The maximum absolute atomic E-state index is 13.4. The lowest BCUT2D eigenvalue weighted by molar-refractivity contribution is 0.368. The summed E-state index contributed by atoms with van der Waals surface area (Å²) in [5.74, 6) is 0.357. The van der Waals surface area contributed by atoms with Crippen LogP contribution < -0.4 is 14.2 Å². The molecule has 1 N–H and O–H groups in total. The van der Waals surface area contributed by atoms with Gasteiger partial charge in [-0.05, 0) is 25.5 Å². The molecule has 4 heterocycles. The molecule has 12 nitrogen and oxygen atoms in total. The highest BCUT2D eigenvalue weighted by molar-refractivity contribution is 7.93. The molecule has 0 aliphatic rings. The molecule has 4 aromatic heterocycles. The lowest BCUT2D eigenvalue weighted by Gasteiger charge is -2.22. The third kappa shape index (κ3) is 5.04. The number of anilines is 1. The normalized spacial score (nSPS) is 13.6. The van der Waals surface area contributed by atoms with Crippen LogP contribution in [0.2, 0.25) is 0 Å². The summed E-state index contributed by atoms with van der Waals surface area (Å²) in [6.45, 7) is 5.47. The quantitative estimate of drug-likeness (QED) is 0.329. The number of rotatable bonds is 9. The third-order valence-corrected chi connectivity index (χ3v) is 6.91. The summed E-state index contributed by atoms with van der Waals surface area (Å²) >= 11 is -1.69. The Morgan fingerprint density at radius 1 is 1.00 bits per heavy atom. The van der Waals surface area contributed by atoms with Gasteiger partial charge in [-0.3, -0.25) is 4.98 Å². The van der Waals surface area contributed by atoms with Gasteiger partial charge in [0.15, 0.2) is 17.3 Å². The Bertz CT molecular complexity index is 1320. The first-order valence-electron chi connectivity index (χ1n) is 10.8. The van der Waals surface area contributed by atoms with Gasteiger partial charge in [0.1, 0.15) is 17.4 Å². The maximum Gasteiger partial charge on any atom is 0.271 e. The highest BCUT2D eigenvalue weighted by atomic mass is 32.2. The van der Waals surface area contributed by atoms with Gasteiger partial charge in [0.25, 0.3) is 5.95 Å². The average Bonchev–Trinajstić information content (AvgIpc) is 3.30. The lowest BCUT2D eigenvalue weighted by atomic mass is 10.1. The third-order valence-electron chi connectivity index (χ3n) is 5.44. The maximum atomic E-state index is 13.4. The highest BCUT2D eigenvalue weighted by Crippen LogP contribution is 2.35. The van der Waals surface area contributed by atoms with E-state index >= 15 is 0 Å². The molecule has 4 rings (SSSR count). The summed E-state index contributed by atoms with van der Waals surface area (Å²) in [6.07, 6.45) is 6.81. The molecule has 0 amide bonds. The van der Waals surface area contributed by atoms with Crippen molar-refractivity contribution in [3.8, 4) is 28.8 Å². The van der Waals surface area contributed by atoms with Crippen molar-refractivity contribution in [3.05, 3.63) is 54.4 Å². The molecule has 14 heteroatoms. The monoisotopic (exact) mass is 513 g/mol. The first-order valence-corrected chi connectivity index (χ1v) is 12.0. The minimum atomic E-state index is -1.69. The van der Waals surface area contributed by atoms with Crippen molar-refractivity contribution in [2.45, 2.75) is 31.9 Å². The predicted octanol–water partition coefficient (Wildman–Crippen LogP) is 2.64. The van der Waals surface area contributed by atoms with Crippen molar-refractivity contribution in [2.24, 2.45) is 0 Å². The number of hydrogen-bond acceptors (Lipinski definition) is 11. The van der Waals surface area contributed by atoms with E-state index in [4.69, 9.17) is 9.47 Å². The van der Waals surface area contributed by atoms with Crippen LogP contribution >= 0.6 is 0 Å². The highest BCUT2D eigenvalue weighted by Gasteiger charge is 2.32. The lowest BCUT2D eigenvalue weighted by Crippen LogP contribution is -2.31. The zero-order chi connectivity index (χ0) is 25.8. The van der Waals surface area contributed by atoms with E-state index in [1.807, 2.05) is 19.9 Å². The van der Waals surface area contributed by atoms with E-state index in [0.29, 0.717) is 22.9 Å². The summed E-state index contributed by atoms with van der Waals surface area (Å²) in [4.78, 5) is 20.6. The van der Waals surface area contributed by atoms with E-state index in [1.165, 1.54) is 20.5 Å². The summed E-state index contributed by atoms with van der Waals surface area (Å²) in [5.41, 5.74) is 1.87. The molecule has 0 spiro atoms. The molecule has 0 aromatic carbocycles. The molecule has 0 fully saturated rings. The van der Waals surface area contributed by atoms with Gasteiger partial charge in [0.2, 0.25) is 11.8 Å². The fraction of sp³-hybridized carbons (Fsp3) is 0.318. The molecule has 2 unspecified atom stereocenters. The zero-order valence-corrected chi connectivity index (χ0v) is 21.0. The van der Waals surface area contributed by atoms with E-state index in [1.54, 1.807) is 23.9 Å². The number of hydrogen-bond donors (Lipinski definition) is 1. The van der Waals surface area contributed by atoms with Crippen LogP contribution in [0.4, 0.5) is 10.3 Å². The molecule has 0 aliphatic carbocycles. The number of aromatic nitrogens is 8. The number of halogens is 1. The minimum Gasteiger partial charge on any atom is -0.593 e. The van der Waals surface area contributed by atoms with Crippen molar-refractivity contribution in [2.75, 3.05) is 18.9 Å². The van der Waals surface area contributed by atoms with Crippen LogP contribution in [0.3, 0.4) is 0 Å². The second-order valence-corrected chi connectivity index (χ2v) is 9.37. The van der Waals surface area contributed by atoms with Gasteiger partial charge in [-0.2, -0.15) is 14.7 Å². The Kier molecular flexibility index (Phi) is 7.55. The van der Waals surface area contributed by atoms with Gasteiger partial charge in [-0.1, -0.05) is 6.92 Å². The predicted molar refractivity (Wildman–Crippen MR) is 130 cm³/mol. The number of nitrogens with one attached hydrogen (secondary N) is 1. The molecule has 4 aromatic rings.